The van der Waals surface area contributed by atoms with Crippen molar-refractivity contribution in [3.05, 3.63) is 78.4 Å². The zero-order valence-corrected chi connectivity index (χ0v) is 16.0. The van der Waals surface area contributed by atoms with Crippen molar-refractivity contribution in [1.82, 2.24) is 0 Å². The molecule has 0 aliphatic heterocycles. The zero-order chi connectivity index (χ0) is 19.9. The van der Waals surface area contributed by atoms with Crippen LogP contribution in [0, 0.1) is 0 Å². The quantitative estimate of drug-likeness (QED) is 0.324. The van der Waals surface area contributed by atoms with Crippen molar-refractivity contribution in [1.29, 1.82) is 0 Å². The Morgan fingerprint density at radius 1 is 0.821 bits per heavy atom. The van der Waals surface area contributed by atoms with Crippen LogP contribution in [0.2, 0.25) is 0 Å². The molecule has 3 aromatic carbocycles. The van der Waals surface area contributed by atoms with Gasteiger partial charge in [0, 0.05) is 0 Å². The Labute approximate surface area is 164 Å². The van der Waals surface area contributed by atoms with E-state index in [-0.39, 0.29) is 19.0 Å². The normalized spacial score (nSPS) is 10.8. The molecule has 0 bridgehead atoms. The van der Waals surface area contributed by atoms with Gasteiger partial charge < -0.3 is 20.1 Å². The van der Waals surface area contributed by atoms with Crippen LogP contribution in [0.15, 0.2) is 72.8 Å². The molecular weight excluding hydrogens is 375 g/mol. The second kappa shape index (κ2) is 9.25. The van der Waals surface area contributed by atoms with E-state index in [0.29, 0.717) is 11.7 Å². The number of benzene rings is 3. The summed E-state index contributed by atoms with van der Waals surface area (Å²) in [7, 11) is -0.677. The van der Waals surface area contributed by atoms with Crippen molar-refractivity contribution in [2.45, 2.75) is 13.0 Å². The number of hydrogen-bond acceptors (Lipinski definition) is 5. The molecule has 0 saturated carbocycles. The van der Waals surface area contributed by atoms with E-state index in [2.05, 4.69) is 24.3 Å². The predicted molar refractivity (Wildman–Crippen MR) is 110 cm³/mol. The number of aromatic hydroxyl groups is 3. The van der Waals surface area contributed by atoms with Crippen molar-refractivity contribution in [3.8, 4) is 17.2 Å². The van der Waals surface area contributed by atoms with Crippen LogP contribution >= 0.6 is 7.92 Å². The van der Waals surface area contributed by atoms with E-state index >= 15 is 0 Å². The van der Waals surface area contributed by atoms with Crippen molar-refractivity contribution in [3.63, 3.8) is 0 Å². The Morgan fingerprint density at radius 3 is 1.82 bits per heavy atom. The van der Waals surface area contributed by atoms with Gasteiger partial charge >= 0.3 is 5.97 Å². The van der Waals surface area contributed by atoms with Crippen LogP contribution in [0.3, 0.4) is 0 Å². The number of ether oxygens (including phenoxy) is 1. The van der Waals surface area contributed by atoms with Crippen LogP contribution in [-0.4, -0.2) is 27.5 Å². The molecule has 0 aliphatic rings. The maximum atomic E-state index is 12.2. The van der Waals surface area contributed by atoms with Gasteiger partial charge in [-0.1, -0.05) is 60.7 Å². The van der Waals surface area contributed by atoms with E-state index in [1.165, 1.54) is 22.7 Å². The Hall–Kier alpha value is -3.04. The summed E-state index contributed by atoms with van der Waals surface area (Å²) in [5.74, 6) is -1.86. The predicted octanol–water partition coefficient (Wildman–Crippen LogP) is 3.37. The molecule has 0 saturated heterocycles. The molecule has 3 N–H and O–H groups in total. The first-order valence-corrected chi connectivity index (χ1v) is 10.3. The van der Waals surface area contributed by atoms with Crippen molar-refractivity contribution in [2.75, 3.05) is 6.16 Å². The minimum atomic E-state index is -0.677. The molecule has 144 valence electrons. The summed E-state index contributed by atoms with van der Waals surface area (Å²) in [6, 6.07) is 22.7. The monoisotopic (exact) mass is 396 g/mol. The highest BCUT2D eigenvalue weighted by molar-refractivity contribution is 7.73. The van der Waals surface area contributed by atoms with E-state index in [1.807, 2.05) is 36.4 Å². The van der Waals surface area contributed by atoms with Gasteiger partial charge in [0.15, 0.2) is 17.2 Å². The number of hydrogen-bond donors (Lipinski definition) is 3. The third kappa shape index (κ3) is 5.02. The molecule has 0 amide bonds. The van der Waals surface area contributed by atoms with E-state index in [1.54, 1.807) is 0 Å². The highest BCUT2D eigenvalue weighted by Gasteiger charge is 2.16. The topological polar surface area (TPSA) is 87.0 Å². The van der Waals surface area contributed by atoms with E-state index in [4.69, 9.17) is 4.74 Å². The first kappa shape index (κ1) is 19.7. The first-order valence-electron chi connectivity index (χ1n) is 8.81. The smallest absolute Gasteiger partial charge is 0.306 e. The summed E-state index contributed by atoms with van der Waals surface area (Å²) in [5.41, 5.74) is 0.398. The van der Waals surface area contributed by atoms with E-state index < -0.39 is 25.2 Å². The average molecular weight is 396 g/mol. The summed E-state index contributed by atoms with van der Waals surface area (Å²) in [5, 5.41) is 30.8. The largest absolute Gasteiger partial charge is 0.504 e. The number of carbonyl (C=O) groups excluding carboxylic acids is 1. The number of phenols is 3. The van der Waals surface area contributed by atoms with Gasteiger partial charge in [0.05, 0.1) is 6.42 Å². The summed E-state index contributed by atoms with van der Waals surface area (Å²) in [6.45, 7) is -0.0885. The fourth-order valence-electron chi connectivity index (χ4n) is 2.81. The number of phenolic OH excluding ortho intramolecular Hbond substituents is 3. The maximum absolute atomic E-state index is 12.2. The summed E-state index contributed by atoms with van der Waals surface area (Å²) in [6.07, 6.45) is 0.916. The van der Waals surface area contributed by atoms with Gasteiger partial charge in [-0.15, -0.1) is 0 Å². The van der Waals surface area contributed by atoms with Crippen LogP contribution in [0.25, 0.3) is 0 Å². The first-order chi connectivity index (χ1) is 13.5. The highest BCUT2D eigenvalue weighted by atomic mass is 31.1. The SMILES string of the molecule is O=C(CCP(c1ccccc1)c1ccccc1)OCc1cc(O)c(O)c(O)c1. The van der Waals surface area contributed by atoms with Gasteiger partial charge in [-0.3, -0.25) is 4.79 Å². The van der Waals surface area contributed by atoms with Crippen LogP contribution in [0.1, 0.15) is 12.0 Å². The standard InChI is InChI=1S/C22H21O5P/c23-19-13-16(14-20(24)22(19)26)15-27-21(25)11-12-28(17-7-3-1-4-8-17)18-9-5-2-6-10-18/h1-10,13-14,23-24,26H,11-12,15H2. The third-order valence-electron chi connectivity index (χ3n) is 4.20. The van der Waals surface area contributed by atoms with Crippen LogP contribution in [0.4, 0.5) is 0 Å². The van der Waals surface area contributed by atoms with Crippen LogP contribution < -0.4 is 10.6 Å². The molecule has 0 spiro atoms. The summed E-state index contributed by atoms with van der Waals surface area (Å²) >= 11 is 0. The van der Waals surface area contributed by atoms with Gasteiger partial charge in [0.1, 0.15) is 6.61 Å². The van der Waals surface area contributed by atoms with Gasteiger partial charge in [0.2, 0.25) is 0 Å². The van der Waals surface area contributed by atoms with Crippen LogP contribution in [0.5, 0.6) is 17.2 Å². The number of esters is 1. The van der Waals surface area contributed by atoms with Gasteiger partial charge in [0.25, 0.3) is 0 Å². The molecule has 3 rings (SSSR count). The lowest BCUT2D eigenvalue weighted by molar-refractivity contribution is -0.144. The maximum Gasteiger partial charge on any atom is 0.306 e. The minimum Gasteiger partial charge on any atom is -0.504 e. The molecule has 0 heterocycles. The number of carbonyl (C=O) groups is 1. The van der Waals surface area contributed by atoms with Crippen molar-refractivity contribution < 1.29 is 24.9 Å². The average Bonchev–Trinajstić information content (AvgIpc) is 2.72. The van der Waals surface area contributed by atoms with Gasteiger partial charge in [-0.2, -0.15) is 0 Å². The molecule has 6 heteroatoms. The highest BCUT2D eigenvalue weighted by Crippen LogP contribution is 2.36. The van der Waals surface area contributed by atoms with E-state index in [0.717, 1.165) is 0 Å². The van der Waals surface area contributed by atoms with E-state index in [9.17, 15) is 20.1 Å². The molecule has 0 fully saturated rings. The molecule has 0 aliphatic carbocycles. The lowest BCUT2D eigenvalue weighted by Crippen LogP contribution is -2.16. The second-order valence-corrected chi connectivity index (χ2v) is 8.55. The van der Waals surface area contributed by atoms with Crippen LogP contribution in [-0.2, 0) is 16.1 Å². The minimum absolute atomic E-state index is 0.0885. The fourth-order valence-corrected chi connectivity index (χ4v) is 5.09. The molecular formula is C22H21O5P. The molecule has 5 nitrogen and oxygen atoms in total. The summed E-state index contributed by atoms with van der Waals surface area (Å²) < 4.78 is 5.27. The zero-order valence-electron chi connectivity index (χ0n) is 15.2. The molecule has 0 atom stereocenters. The second-order valence-electron chi connectivity index (χ2n) is 6.22. The third-order valence-corrected chi connectivity index (χ3v) is 6.72. The van der Waals surface area contributed by atoms with Crippen molar-refractivity contribution in [2.24, 2.45) is 0 Å². The molecule has 28 heavy (non-hydrogen) atoms. The Kier molecular flexibility index (Phi) is 6.51. The Morgan fingerprint density at radius 2 is 1.32 bits per heavy atom. The number of rotatable bonds is 7. The van der Waals surface area contributed by atoms with Gasteiger partial charge in [-0.25, -0.2) is 0 Å². The lowest BCUT2D eigenvalue weighted by Gasteiger charge is -2.18. The van der Waals surface area contributed by atoms with Gasteiger partial charge in [-0.05, 0) is 42.4 Å². The molecule has 0 unspecified atom stereocenters. The lowest BCUT2D eigenvalue weighted by atomic mass is 10.2. The molecule has 0 aromatic heterocycles. The summed E-state index contributed by atoms with van der Waals surface area (Å²) in [4.78, 5) is 12.2. The Bertz CT molecular complexity index is 866. The molecule has 0 radical (unpaired) electrons. The fraction of sp³-hybridized carbons (Fsp3) is 0.136. The molecule has 3 aromatic rings. The van der Waals surface area contributed by atoms with Crippen molar-refractivity contribution >= 4 is 24.5 Å². The Balaban J connectivity index is 1.63.